The summed E-state index contributed by atoms with van der Waals surface area (Å²) >= 11 is 0. The van der Waals surface area contributed by atoms with E-state index in [9.17, 15) is 13.2 Å². The molecule has 0 aromatic heterocycles. The van der Waals surface area contributed by atoms with Gasteiger partial charge in [-0.2, -0.15) is 5.48 Å². The molecule has 0 radical (unpaired) electrons. The number of carbonyl (C=O) groups is 1. The standard InChI is InChI=1S/C28H34N2O4S/c1-4-23(21-13-9-6-10-14-21)25(29-34-18-20-11-7-5-8-12-20)26(31)30-24-17-22-15-16-28(24,27(22,2)3)19-35(30,32)33/h4-14,22-25,29H,1,15-19H2,2-3H3/t22-,23+,24-,25+,28-/m1/s1. The number of hydroxylamine groups is 1. The van der Waals surface area contributed by atoms with E-state index >= 15 is 0 Å². The SMILES string of the molecule is C=C[C@@H](c1ccccc1)[C@H](NOCc1ccccc1)C(=O)N1[C@@H]2C[C@H]3CC[C@]2(CS1(=O)=O)C3(C)C. The molecule has 1 N–H and O–H groups in total. The number of hydrogen-bond acceptors (Lipinski definition) is 5. The third-order valence-electron chi connectivity index (χ3n) is 8.98. The van der Waals surface area contributed by atoms with Crippen LogP contribution in [0.1, 0.15) is 50.2 Å². The van der Waals surface area contributed by atoms with Crippen LogP contribution in [0.15, 0.2) is 73.3 Å². The van der Waals surface area contributed by atoms with Crippen LogP contribution in [0.3, 0.4) is 0 Å². The zero-order valence-corrected chi connectivity index (χ0v) is 21.2. The minimum absolute atomic E-state index is 0.0432. The van der Waals surface area contributed by atoms with Gasteiger partial charge in [0.1, 0.15) is 6.04 Å². The first kappa shape index (κ1) is 24.2. The molecule has 2 saturated carbocycles. The molecule has 5 atom stereocenters. The molecule has 0 unspecified atom stereocenters. The molecule has 2 bridgehead atoms. The molecule has 5 rings (SSSR count). The van der Waals surface area contributed by atoms with Gasteiger partial charge in [-0.3, -0.25) is 9.63 Å². The van der Waals surface area contributed by atoms with Gasteiger partial charge < -0.3 is 0 Å². The number of amides is 1. The maximum Gasteiger partial charge on any atom is 0.256 e. The quantitative estimate of drug-likeness (QED) is 0.435. The van der Waals surface area contributed by atoms with Crippen LogP contribution in [0.2, 0.25) is 0 Å². The molecule has 186 valence electrons. The highest BCUT2D eigenvalue weighted by atomic mass is 32.2. The Morgan fingerprint density at radius 1 is 1.17 bits per heavy atom. The second-order valence-electron chi connectivity index (χ2n) is 10.8. The van der Waals surface area contributed by atoms with Crippen molar-refractivity contribution in [2.75, 3.05) is 5.75 Å². The first-order chi connectivity index (χ1) is 16.7. The minimum atomic E-state index is -3.75. The maximum atomic E-state index is 14.2. The van der Waals surface area contributed by atoms with Crippen LogP contribution in [0, 0.1) is 16.7 Å². The highest BCUT2D eigenvalue weighted by molar-refractivity contribution is 7.90. The molecule has 2 aromatic carbocycles. The topological polar surface area (TPSA) is 75.7 Å². The van der Waals surface area contributed by atoms with E-state index in [-0.39, 0.29) is 29.2 Å². The third kappa shape index (κ3) is 3.85. The molecular weight excluding hydrogens is 460 g/mol. The average molecular weight is 495 g/mol. The van der Waals surface area contributed by atoms with Gasteiger partial charge in [-0.05, 0) is 41.7 Å². The number of fused-ring (bicyclic) bond motifs is 1. The van der Waals surface area contributed by atoms with Crippen molar-refractivity contribution < 1.29 is 18.0 Å². The lowest BCUT2D eigenvalue weighted by Crippen LogP contribution is -2.53. The number of nitrogens with zero attached hydrogens (tertiary/aromatic N) is 1. The van der Waals surface area contributed by atoms with Crippen LogP contribution in [-0.2, 0) is 26.3 Å². The second kappa shape index (κ2) is 8.87. The molecule has 2 aliphatic carbocycles. The zero-order valence-electron chi connectivity index (χ0n) is 20.4. The summed E-state index contributed by atoms with van der Waals surface area (Å²) in [6.45, 7) is 8.60. The predicted octanol–water partition coefficient (Wildman–Crippen LogP) is 4.41. The van der Waals surface area contributed by atoms with Crippen LogP contribution in [0.4, 0.5) is 0 Å². The summed E-state index contributed by atoms with van der Waals surface area (Å²) in [6.07, 6.45) is 4.31. The number of nitrogens with one attached hydrogen (secondary N) is 1. The Labute approximate surface area is 208 Å². The summed E-state index contributed by atoms with van der Waals surface area (Å²) in [5.74, 6) is -0.445. The summed E-state index contributed by atoms with van der Waals surface area (Å²) in [4.78, 5) is 20.0. The largest absolute Gasteiger partial charge is 0.296 e. The molecule has 1 spiro atoms. The fraction of sp³-hybridized carbons (Fsp3) is 0.464. The fourth-order valence-corrected chi connectivity index (χ4v) is 9.48. The fourth-order valence-electron chi connectivity index (χ4n) is 6.92. The van der Waals surface area contributed by atoms with Crippen molar-refractivity contribution in [2.24, 2.45) is 16.7 Å². The normalized spacial score (nSPS) is 29.5. The summed E-state index contributed by atoms with van der Waals surface area (Å²) in [5, 5.41) is 0. The zero-order chi connectivity index (χ0) is 24.8. The van der Waals surface area contributed by atoms with Crippen LogP contribution < -0.4 is 5.48 Å². The van der Waals surface area contributed by atoms with E-state index in [4.69, 9.17) is 4.84 Å². The van der Waals surface area contributed by atoms with Crippen molar-refractivity contribution in [1.29, 1.82) is 0 Å². The number of benzene rings is 2. The lowest BCUT2D eigenvalue weighted by Gasteiger charge is -2.38. The van der Waals surface area contributed by atoms with E-state index < -0.39 is 27.9 Å². The van der Waals surface area contributed by atoms with E-state index in [2.05, 4.69) is 25.9 Å². The Bertz CT molecular complexity index is 1200. The Balaban J connectivity index is 1.47. The molecular formula is C28H34N2O4S. The van der Waals surface area contributed by atoms with Crippen molar-refractivity contribution in [3.63, 3.8) is 0 Å². The van der Waals surface area contributed by atoms with Crippen molar-refractivity contribution >= 4 is 15.9 Å². The summed E-state index contributed by atoms with van der Waals surface area (Å²) in [7, 11) is -3.75. The Hall–Kier alpha value is -2.48. The molecule has 2 aromatic rings. The van der Waals surface area contributed by atoms with E-state index in [0.29, 0.717) is 5.92 Å². The first-order valence-electron chi connectivity index (χ1n) is 12.4. The maximum absolute atomic E-state index is 14.2. The molecule has 1 saturated heterocycles. The van der Waals surface area contributed by atoms with Crippen LogP contribution in [0.25, 0.3) is 0 Å². The molecule has 3 fully saturated rings. The second-order valence-corrected chi connectivity index (χ2v) is 12.6. The lowest BCUT2D eigenvalue weighted by atomic mass is 9.69. The van der Waals surface area contributed by atoms with Crippen LogP contribution in [-0.4, -0.2) is 36.5 Å². The van der Waals surface area contributed by atoms with Gasteiger partial charge in [0.2, 0.25) is 10.0 Å². The monoisotopic (exact) mass is 494 g/mol. The van der Waals surface area contributed by atoms with Gasteiger partial charge in [0.25, 0.3) is 5.91 Å². The van der Waals surface area contributed by atoms with E-state index in [1.807, 2.05) is 60.7 Å². The van der Waals surface area contributed by atoms with E-state index in [1.165, 1.54) is 4.31 Å². The van der Waals surface area contributed by atoms with Gasteiger partial charge in [-0.25, -0.2) is 12.7 Å². The smallest absolute Gasteiger partial charge is 0.256 e. The van der Waals surface area contributed by atoms with E-state index in [1.54, 1.807) is 6.08 Å². The Morgan fingerprint density at radius 3 is 2.46 bits per heavy atom. The van der Waals surface area contributed by atoms with Crippen LogP contribution >= 0.6 is 0 Å². The predicted molar refractivity (Wildman–Crippen MR) is 136 cm³/mol. The van der Waals surface area contributed by atoms with Gasteiger partial charge in [-0.15, -0.1) is 6.58 Å². The summed E-state index contributed by atoms with van der Waals surface area (Å²) in [5.41, 5.74) is 4.28. The number of rotatable bonds is 8. The third-order valence-corrected chi connectivity index (χ3v) is 10.9. The van der Waals surface area contributed by atoms with Crippen molar-refractivity contribution in [1.82, 2.24) is 9.79 Å². The van der Waals surface area contributed by atoms with Gasteiger partial charge in [0, 0.05) is 11.3 Å². The van der Waals surface area contributed by atoms with Crippen molar-refractivity contribution in [3.8, 4) is 0 Å². The summed E-state index contributed by atoms with van der Waals surface area (Å²) in [6, 6.07) is 18.0. The Morgan fingerprint density at radius 2 is 1.83 bits per heavy atom. The van der Waals surface area contributed by atoms with E-state index in [0.717, 1.165) is 30.4 Å². The lowest BCUT2D eigenvalue weighted by molar-refractivity contribution is -0.136. The highest BCUT2D eigenvalue weighted by Gasteiger charge is 2.72. The number of carbonyl (C=O) groups excluding carboxylic acids is 1. The molecule has 6 nitrogen and oxygen atoms in total. The molecule has 1 amide bonds. The number of sulfonamides is 1. The average Bonchev–Trinajstić information content (AvgIpc) is 3.32. The molecule has 7 heteroatoms. The van der Waals surface area contributed by atoms with Crippen LogP contribution in [0.5, 0.6) is 0 Å². The van der Waals surface area contributed by atoms with Crippen molar-refractivity contribution in [3.05, 3.63) is 84.4 Å². The molecule has 1 aliphatic heterocycles. The van der Waals surface area contributed by atoms with Gasteiger partial charge >= 0.3 is 0 Å². The Kier molecular flexibility index (Phi) is 6.14. The van der Waals surface area contributed by atoms with Gasteiger partial charge in [0.15, 0.2) is 0 Å². The summed E-state index contributed by atoms with van der Waals surface area (Å²) < 4.78 is 28.3. The first-order valence-corrected chi connectivity index (χ1v) is 14.0. The molecule has 1 heterocycles. The van der Waals surface area contributed by atoms with Gasteiger partial charge in [-0.1, -0.05) is 80.6 Å². The molecule has 3 aliphatic rings. The minimum Gasteiger partial charge on any atom is -0.296 e. The van der Waals surface area contributed by atoms with Crippen molar-refractivity contribution in [2.45, 2.75) is 57.7 Å². The molecule has 35 heavy (non-hydrogen) atoms. The number of hydrogen-bond donors (Lipinski definition) is 1. The highest BCUT2D eigenvalue weighted by Crippen LogP contribution is 2.70. The van der Waals surface area contributed by atoms with Gasteiger partial charge in [0.05, 0.1) is 18.4 Å².